The molecule has 1 aromatic carbocycles. The molecule has 0 bridgehead atoms. The molecule has 2 amide bonds. The van der Waals surface area contributed by atoms with Gasteiger partial charge in [0.2, 0.25) is 21.8 Å². The zero-order valence-corrected chi connectivity index (χ0v) is 20.4. The van der Waals surface area contributed by atoms with E-state index in [-0.39, 0.29) is 54.8 Å². The van der Waals surface area contributed by atoms with Crippen molar-refractivity contribution in [3.63, 3.8) is 0 Å². The quantitative estimate of drug-likeness (QED) is 0.529. The summed E-state index contributed by atoms with van der Waals surface area (Å²) in [5.41, 5.74) is 0. The Morgan fingerprint density at radius 1 is 1.09 bits per heavy atom. The minimum absolute atomic E-state index is 0.0994. The van der Waals surface area contributed by atoms with Crippen molar-refractivity contribution in [2.24, 2.45) is 11.8 Å². The van der Waals surface area contributed by atoms with Crippen LogP contribution in [0.2, 0.25) is 0 Å². The average molecular weight is 498 g/mol. The molecule has 0 radical (unpaired) electrons. The first kappa shape index (κ1) is 26.1. The van der Waals surface area contributed by atoms with Crippen LogP contribution in [-0.2, 0) is 29.1 Å². The number of halogens is 1. The van der Waals surface area contributed by atoms with Crippen molar-refractivity contribution in [1.29, 1.82) is 0 Å². The maximum Gasteiger partial charge on any atom is 0.310 e. The summed E-state index contributed by atoms with van der Waals surface area (Å²) in [5, 5.41) is 0. The molecule has 1 unspecified atom stereocenters. The second-order valence-corrected chi connectivity index (χ2v) is 10.6. The van der Waals surface area contributed by atoms with Gasteiger partial charge in [-0.1, -0.05) is 12.1 Å². The molecule has 9 nitrogen and oxygen atoms in total. The van der Waals surface area contributed by atoms with Crippen LogP contribution in [0.5, 0.6) is 0 Å². The number of nitrogens with zero attached hydrogens (tertiary/aromatic N) is 3. The molecular weight excluding hydrogens is 465 g/mol. The highest BCUT2D eigenvalue weighted by Gasteiger charge is 2.35. The Morgan fingerprint density at radius 2 is 1.76 bits per heavy atom. The molecular formula is C23H32FN3O6S. The molecule has 0 saturated carbocycles. The monoisotopic (exact) mass is 497 g/mol. The topological polar surface area (TPSA) is 104 Å². The van der Waals surface area contributed by atoms with Crippen LogP contribution >= 0.6 is 0 Å². The first-order chi connectivity index (χ1) is 16.1. The number of likely N-dealkylation sites (tertiary alicyclic amines) is 1. The zero-order chi connectivity index (χ0) is 24.9. The van der Waals surface area contributed by atoms with Gasteiger partial charge < -0.3 is 14.5 Å². The summed E-state index contributed by atoms with van der Waals surface area (Å²) in [4.78, 5) is 40.3. The summed E-state index contributed by atoms with van der Waals surface area (Å²) in [7, 11) is -2.43. The maximum atomic E-state index is 14.0. The lowest BCUT2D eigenvalue weighted by atomic mass is 9.96. The third-order valence-corrected chi connectivity index (χ3v) is 8.33. The van der Waals surface area contributed by atoms with E-state index < -0.39 is 21.8 Å². The molecule has 0 N–H and O–H groups in total. The Labute approximate surface area is 199 Å². The maximum absolute atomic E-state index is 14.0. The third kappa shape index (κ3) is 5.93. The first-order valence-corrected chi connectivity index (χ1v) is 13.0. The summed E-state index contributed by atoms with van der Waals surface area (Å²) < 4.78 is 45.8. The van der Waals surface area contributed by atoms with Crippen LogP contribution in [0.25, 0.3) is 0 Å². The van der Waals surface area contributed by atoms with E-state index in [9.17, 15) is 27.2 Å². The molecule has 2 saturated heterocycles. The highest BCUT2D eigenvalue weighted by molar-refractivity contribution is 7.89. The van der Waals surface area contributed by atoms with Crippen molar-refractivity contribution >= 4 is 27.8 Å². The number of piperidine rings is 2. The fourth-order valence-electron chi connectivity index (χ4n) is 4.48. The lowest BCUT2D eigenvalue weighted by Gasteiger charge is -2.34. The van der Waals surface area contributed by atoms with Gasteiger partial charge in [-0.05, 0) is 44.7 Å². The summed E-state index contributed by atoms with van der Waals surface area (Å²) in [5.74, 6) is -2.33. The molecule has 2 fully saturated rings. The van der Waals surface area contributed by atoms with Crippen LogP contribution in [0, 0.1) is 17.7 Å². The smallest absolute Gasteiger partial charge is 0.310 e. The summed E-state index contributed by atoms with van der Waals surface area (Å²) >= 11 is 0. The molecule has 34 heavy (non-hydrogen) atoms. The first-order valence-electron chi connectivity index (χ1n) is 11.6. The van der Waals surface area contributed by atoms with Gasteiger partial charge in [0.05, 0.1) is 19.1 Å². The van der Waals surface area contributed by atoms with Gasteiger partial charge in [0.15, 0.2) is 0 Å². The van der Waals surface area contributed by atoms with Crippen LogP contribution in [0.15, 0.2) is 29.2 Å². The van der Waals surface area contributed by atoms with E-state index in [2.05, 4.69) is 0 Å². The van der Waals surface area contributed by atoms with Gasteiger partial charge in [-0.15, -0.1) is 0 Å². The van der Waals surface area contributed by atoms with Crippen molar-refractivity contribution in [1.82, 2.24) is 14.1 Å². The molecule has 2 aliphatic heterocycles. The van der Waals surface area contributed by atoms with Crippen molar-refractivity contribution < 1.29 is 31.9 Å². The van der Waals surface area contributed by atoms with Crippen molar-refractivity contribution in [2.45, 2.75) is 37.5 Å². The summed E-state index contributed by atoms with van der Waals surface area (Å²) in [6.07, 6.45) is 1.95. The van der Waals surface area contributed by atoms with Gasteiger partial charge >= 0.3 is 5.97 Å². The second kappa shape index (κ2) is 11.3. The molecule has 3 rings (SSSR count). The predicted octanol–water partition coefficient (Wildman–Crippen LogP) is 1.49. The minimum Gasteiger partial charge on any atom is -0.466 e. The zero-order valence-electron chi connectivity index (χ0n) is 19.6. The number of hydrogen-bond donors (Lipinski definition) is 0. The van der Waals surface area contributed by atoms with Crippen LogP contribution in [0.3, 0.4) is 0 Å². The van der Waals surface area contributed by atoms with Crippen LogP contribution < -0.4 is 0 Å². The number of rotatable bonds is 7. The molecule has 1 atom stereocenters. The summed E-state index contributed by atoms with van der Waals surface area (Å²) in [6, 6.07) is 5.23. The van der Waals surface area contributed by atoms with Crippen molar-refractivity contribution in [3.8, 4) is 0 Å². The molecule has 0 aliphatic carbocycles. The van der Waals surface area contributed by atoms with E-state index >= 15 is 0 Å². The second-order valence-electron chi connectivity index (χ2n) is 8.73. The van der Waals surface area contributed by atoms with Gasteiger partial charge in [-0.2, -0.15) is 4.31 Å². The average Bonchev–Trinajstić information content (AvgIpc) is 2.84. The van der Waals surface area contributed by atoms with E-state index in [0.29, 0.717) is 38.8 Å². The number of carbonyl (C=O) groups excluding carboxylic acids is 3. The standard InChI is InChI=1S/C23H32FN3O6S/c1-3-33-23(30)18-7-6-12-26(15-18)21(28)16-25(2)22(29)17-10-13-27(14-11-17)34(31,32)20-9-5-4-8-19(20)24/h4-5,8-9,17-18H,3,6-7,10-16H2,1-2H3. The van der Waals surface area contributed by atoms with E-state index in [1.165, 1.54) is 27.4 Å². The Hall–Kier alpha value is -2.53. The van der Waals surface area contributed by atoms with Gasteiger partial charge in [0, 0.05) is 39.1 Å². The Morgan fingerprint density at radius 3 is 2.41 bits per heavy atom. The largest absolute Gasteiger partial charge is 0.466 e. The Bertz CT molecular complexity index is 1010. The predicted molar refractivity (Wildman–Crippen MR) is 121 cm³/mol. The Balaban J connectivity index is 1.52. The molecule has 1 aromatic rings. The molecule has 2 aliphatic rings. The lowest BCUT2D eigenvalue weighted by molar-refractivity contribution is -0.152. The van der Waals surface area contributed by atoms with Crippen molar-refractivity contribution in [3.05, 3.63) is 30.1 Å². The molecule has 0 spiro atoms. The number of likely N-dealkylation sites (N-methyl/N-ethyl adjacent to an activating group) is 1. The van der Waals surface area contributed by atoms with E-state index in [4.69, 9.17) is 4.74 Å². The highest BCUT2D eigenvalue weighted by atomic mass is 32.2. The minimum atomic E-state index is -3.98. The number of carbonyl (C=O) groups is 3. The van der Waals surface area contributed by atoms with E-state index in [1.54, 1.807) is 18.9 Å². The molecule has 2 heterocycles. The van der Waals surface area contributed by atoms with Gasteiger partial charge in [0.1, 0.15) is 10.7 Å². The van der Waals surface area contributed by atoms with Gasteiger partial charge in [0.25, 0.3) is 0 Å². The third-order valence-electron chi connectivity index (χ3n) is 6.40. The van der Waals surface area contributed by atoms with E-state index in [0.717, 1.165) is 6.07 Å². The van der Waals surface area contributed by atoms with E-state index in [1.807, 2.05) is 0 Å². The fourth-order valence-corrected chi connectivity index (χ4v) is 6.02. The number of ether oxygens (including phenoxy) is 1. The number of esters is 1. The normalized spacial score (nSPS) is 20.1. The van der Waals surface area contributed by atoms with Crippen LogP contribution in [0.1, 0.15) is 32.6 Å². The van der Waals surface area contributed by atoms with Crippen LogP contribution in [-0.4, -0.2) is 86.7 Å². The highest BCUT2D eigenvalue weighted by Crippen LogP contribution is 2.26. The van der Waals surface area contributed by atoms with Crippen LogP contribution in [0.4, 0.5) is 4.39 Å². The summed E-state index contributed by atoms with van der Waals surface area (Å²) in [6.45, 7) is 2.94. The van der Waals surface area contributed by atoms with Gasteiger partial charge in [-0.3, -0.25) is 14.4 Å². The van der Waals surface area contributed by atoms with Crippen molar-refractivity contribution in [2.75, 3.05) is 46.4 Å². The molecule has 11 heteroatoms. The lowest BCUT2D eigenvalue weighted by Crippen LogP contribution is -2.49. The molecule has 0 aromatic heterocycles. The number of benzene rings is 1. The Kier molecular flexibility index (Phi) is 8.64. The number of hydrogen-bond acceptors (Lipinski definition) is 6. The number of amides is 2. The molecule has 188 valence electrons. The fraction of sp³-hybridized carbons (Fsp3) is 0.609. The SMILES string of the molecule is CCOC(=O)C1CCCN(C(=O)CN(C)C(=O)C2CCN(S(=O)(=O)c3ccccc3F)CC2)C1. The van der Waals surface area contributed by atoms with Gasteiger partial charge in [-0.25, -0.2) is 12.8 Å². The number of sulfonamides is 1.